The SMILES string of the molecule is CC(C)COCCNS(=O)(=O)c1c(F)cc(N)cc1F. The molecule has 0 aliphatic carbocycles. The fraction of sp³-hybridized carbons (Fsp3) is 0.500. The summed E-state index contributed by atoms with van der Waals surface area (Å²) < 4.78 is 57.9. The predicted molar refractivity (Wildman–Crippen MR) is 71.6 cm³/mol. The van der Waals surface area contributed by atoms with Gasteiger partial charge in [0.2, 0.25) is 10.0 Å². The summed E-state index contributed by atoms with van der Waals surface area (Å²) >= 11 is 0. The summed E-state index contributed by atoms with van der Waals surface area (Å²) in [5, 5.41) is 0. The molecule has 0 aliphatic rings. The second-order valence-corrected chi connectivity index (χ2v) is 6.38. The van der Waals surface area contributed by atoms with Crippen molar-refractivity contribution in [2.75, 3.05) is 25.5 Å². The van der Waals surface area contributed by atoms with Crippen LogP contribution < -0.4 is 10.5 Å². The highest BCUT2D eigenvalue weighted by Crippen LogP contribution is 2.21. The van der Waals surface area contributed by atoms with Gasteiger partial charge in [-0.1, -0.05) is 13.8 Å². The van der Waals surface area contributed by atoms with E-state index in [1.54, 1.807) is 0 Å². The molecule has 114 valence electrons. The van der Waals surface area contributed by atoms with Crippen molar-refractivity contribution in [3.05, 3.63) is 23.8 Å². The first-order valence-electron chi connectivity index (χ1n) is 6.06. The molecule has 5 nitrogen and oxygen atoms in total. The van der Waals surface area contributed by atoms with E-state index in [0.29, 0.717) is 12.5 Å². The van der Waals surface area contributed by atoms with E-state index < -0.39 is 26.6 Å². The summed E-state index contributed by atoms with van der Waals surface area (Å²) in [6.45, 7) is 4.42. The minimum absolute atomic E-state index is 0.0711. The van der Waals surface area contributed by atoms with Gasteiger partial charge in [-0.05, 0) is 18.1 Å². The van der Waals surface area contributed by atoms with E-state index in [1.807, 2.05) is 13.8 Å². The quantitative estimate of drug-likeness (QED) is 0.591. The molecule has 0 radical (unpaired) electrons. The fourth-order valence-corrected chi connectivity index (χ4v) is 2.60. The third-order valence-electron chi connectivity index (χ3n) is 2.28. The van der Waals surface area contributed by atoms with Crippen LogP contribution in [0.5, 0.6) is 0 Å². The van der Waals surface area contributed by atoms with E-state index in [1.165, 1.54) is 0 Å². The van der Waals surface area contributed by atoms with E-state index in [2.05, 4.69) is 4.72 Å². The summed E-state index contributed by atoms with van der Waals surface area (Å²) in [5.74, 6) is -2.13. The molecule has 0 saturated heterocycles. The Kier molecular flexibility index (Phi) is 5.85. The van der Waals surface area contributed by atoms with Crippen molar-refractivity contribution in [3.8, 4) is 0 Å². The number of ether oxygens (including phenoxy) is 1. The molecule has 0 saturated carbocycles. The molecule has 0 aromatic heterocycles. The summed E-state index contributed by atoms with van der Waals surface area (Å²) in [5.41, 5.74) is 5.04. The Morgan fingerprint density at radius 3 is 2.35 bits per heavy atom. The third-order valence-corrected chi connectivity index (χ3v) is 3.79. The molecule has 1 aromatic carbocycles. The van der Waals surface area contributed by atoms with Crippen LogP contribution in [0, 0.1) is 17.6 Å². The molecular formula is C12H18F2N2O3S. The molecule has 0 atom stereocenters. The number of hydrogen-bond acceptors (Lipinski definition) is 4. The van der Waals surface area contributed by atoms with Crippen LogP contribution in [0.1, 0.15) is 13.8 Å². The highest BCUT2D eigenvalue weighted by Gasteiger charge is 2.24. The van der Waals surface area contributed by atoms with Gasteiger partial charge in [-0.2, -0.15) is 0 Å². The maximum absolute atomic E-state index is 13.5. The number of hydrogen-bond donors (Lipinski definition) is 2. The number of nitrogens with two attached hydrogens (primary N) is 1. The van der Waals surface area contributed by atoms with E-state index in [9.17, 15) is 17.2 Å². The Labute approximate surface area is 117 Å². The summed E-state index contributed by atoms with van der Waals surface area (Å²) in [6.07, 6.45) is 0. The van der Waals surface area contributed by atoms with Crippen molar-refractivity contribution < 1.29 is 21.9 Å². The summed E-state index contributed by atoms with van der Waals surface area (Å²) in [7, 11) is -4.27. The van der Waals surface area contributed by atoms with E-state index in [4.69, 9.17) is 10.5 Å². The summed E-state index contributed by atoms with van der Waals surface area (Å²) in [6, 6.07) is 1.51. The molecule has 8 heteroatoms. The van der Waals surface area contributed by atoms with Gasteiger partial charge in [0, 0.05) is 18.8 Å². The Morgan fingerprint density at radius 1 is 1.30 bits per heavy atom. The number of rotatable bonds is 7. The number of sulfonamides is 1. The first-order valence-corrected chi connectivity index (χ1v) is 7.54. The van der Waals surface area contributed by atoms with E-state index >= 15 is 0 Å². The number of nitrogens with one attached hydrogen (secondary N) is 1. The maximum atomic E-state index is 13.5. The van der Waals surface area contributed by atoms with Crippen LogP contribution in [0.15, 0.2) is 17.0 Å². The van der Waals surface area contributed by atoms with Crippen LogP contribution in [-0.2, 0) is 14.8 Å². The van der Waals surface area contributed by atoms with Crippen molar-refractivity contribution in [3.63, 3.8) is 0 Å². The van der Waals surface area contributed by atoms with E-state index in [0.717, 1.165) is 12.1 Å². The van der Waals surface area contributed by atoms with Crippen LogP contribution in [0.4, 0.5) is 14.5 Å². The van der Waals surface area contributed by atoms with Gasteiger partial charge in [-0.15, -0.1) is 0 Å². The molecule has 1 rings (SSSR count). The standard InChI is InChI=1S/C12H18F2N2O3S/c1-8(2)7-19-4-3-16-20(17,18)12-10(13)5-9(15)6-11(12)14/h5-6,8,16H,3-4,7,15H2,1-2H3. The number of halogens is 2. The van der Waals surface area contributed by atoms with Gasteiger partial charge < -0.3 is 10.5 Å². The fourth-order valence-electron chi connectivity index (χ4n) is 1.48. The van der Waals surface area contributed by atoms with Gasteiger partial charge in [0.15, 0.2) is 4.90 Å². The molecule has 3 N–H and O–H groups in total. The van der Waals surface area contributed by atoms with Crippen molar-refractivity contribution in [1.82, 2.24) is 4.72 Å². The molecule has 0 heterocycles. The molecule has 0 amide bonds. The highest BCUT2D eigenvalue weighted by atomic mass is 32.2. The van der Waals surface area contributed by atoms with Crippen molar-refractivity contribution in [1.29, 1.82) is 0 Å². The van der Waals surface area contributed by atoms with Crippen molar-refractivity contribution in [2.45, 2.75) is 18.7 Å². The first kappa shape index (κ1) is 16.8. The molecule has 20 heavy (non-hydrogen) atoms. The average Bonchev–Trinajstić information content (AvgIpc) is 2.25. The molecule has 0 unspecified atom stereocenters. The van der Waals surface area contributed by atoms with Crippen LogP contribution in [0.3, 0.4) is 0 Å². The lowest BCUT2D eigenvalue weighted by Gasteiger charge is -2.10. The Balaban J connectivity index is 2.70. The molecule has 0 spiro atoms. The Hall–Kier alpha value is -1.25. The van der Waals surface area contributed by atoms with Gasteiger partial charge >= 0.3 is 0 Å². The number of anilines is 1. The van der Waals surface area contributed by atoms with Crippen LogP contribution in [0.2, 0.25) is 0 Å². The second-order valence-electron chi connectivity index (χ2n) is 4.68. The largest absolute Gasteiger partial charge is 0.399 e. The average molecular weight is 308 g/mol. The topological polar surface area (TPSA) is 81.4 Å². The van der Waals surface area contributed by atoms with E-state index in [-0.39, 0.29) is 18.8 Å². The lowest BCUT2D eigenvalue weighted by atomic mass is 10.2. The minimum Gasteiger partial charge on any atom is -0.399 e. The molecule has 0 fully saturated rings. The third kappa shape index (κ3) is 4.69. The normalized spacial score (nSPS) is 12.1. The zero-order valence-electron chi connectivity index (χ0n) is 11.3. The molecular weight excluding hydrogens is 290 g/mol. The highest BCUT2D eigenvalue weighted by molar-refractivity contribution is 7.89. The molecule has 0 aliphatic heterocycles. The van der Waals surface area contributed by atoms with Gasteiger partial charge in [-0.3, -0.25) is 0 Å². The molecule has 0 bridgehead atoms. The molecule has 1 aromatic rings. The smallest absolute Gasteiger partial charge is 0.246 e. The van der Waals surface area contributed by atoms with Crippen LogP contribution >= 0.6 is 0 Å². The number of benzene rings is 1. The monoisotopic (exact) mass is 308 g/mol. The zero-order chi connectivity index (χ0) is 15.3. The van der Waals surface area contributed by atoms with Gasteiger partial charge in [-0.25, -0.2) is 21.9 Å². The van der Waals surface area contributed by atoms with Crippen LogP contribution in [0.25, 0.3) is 0 Å². The van der Waals surface area contributed by atoms with Gasteiger partial charge in [0.1, 0.15) is 11.6 Å². The minimum atomic E-state index is -4.27. The first-order chi connectivity index (χ1) is 9.24. The second kappa shape index (κ2) is 6.96. The van der Waals surface area contributed by atoms with Crippen molar-refractivity contribution in [2.24, 2.45) is 5.92 Å². The maximum Gasteiger partial charge on any atom is 0.246 e. The zero-order valence-corrected chi connectivity index (χ0v) is 12.1. The Morgan fingerprint density at radius 2 is 1.85 bits per heavy atom. The van der Waals surface area contributed by atoms with Crippen LogP contribution in [-0.4, -0.2) is 28.2 Å². The lowest BCUT2D eigenvalue weighted by Crippen LogP contribution is -2.29. The Bertz CT molecular complexity index is 539. The number of nitrogen functional groups attached to an aromatic ring is 1. The van der Waals surface area contributed by atoms with Crippen molar-refractivity contribution >= 4 is 15.7 Å². The van der Waals surface area contributed by atoms with Gasteiger partial charge in [0.05, 0.1) is 6.61 Å². The predicted octanol–water partition coefficient (Wildman–Crippen LogP) is 1.50. The summed E-state index contributed by atoms with van der Waals surface area (Å²) in [4.78, 5) is -1.03. The lowest BCUT2D eigenvalue weighted by molar-refractivity contribution is 0.114. The van der Waals surface area contributed by atoms with Gasteiger partial charge in [0.25, 0.3) is 0 Å².